The van der Waals surface area contributed by atoms with E-state index in [0.29, 0.717) is 0 Å². The van der Waals surface area contributed by atoms with Crippen LogP contribution in [-0.4, -0.2) is 0 Å². The second kappa shape index (κ2) is 4.10. The lowest BCUT2D eigenvalue weighted by Crippen LogP contribution is -2.35. The summed E-state index contributed by atoms with van der Waals surface area (Å²) in [5.41, 5.74) is 6.78. The van der Waals surface area contributed by atoms with Crippen molar-refractivity contribution in [3.63, 3.8) is 0 Å². The zero-order valence-corrected chi connectivity index (χ0v) is 12.0. The van der Waals surface area contributed by atoms with Gasteiger partial charge in [0.1, 0.15) is 0 Å². The van der Waals surface area contributed by atoms with Crippen molar-refractivity contribution in [2.45, 2.75) is 38.5 Å². The maximum atomic E-state index is 2.54. The Bertz CT molecular complexity index is 604. The zero-order valence-electron chi connectivity index (χ0n) is 12.0. The quantitative estimate of drug-likeness (QED) is 0.685. The molecule has 2 saturated carbocycles. The fourth-order valence-electron chi connectivity index (χ4n) is 5.65. The van der Waals surface area contributed by atoms with Crippen LogP contribution >= 0.6 is 0 Å². The first-order valence-corrected chi connectivity index (χ1v) is 8.42. The van der Waals surface area contributed by atoms with E-state index in [2.05, 4.69) is 36.4 Å². The van der Waals surface area contributed by atoms with Gasteiger partial charge < -0.3 is 0 Å². The Morgan fingerprint density at radius 2 is 1.60 bits per heavy atom. The Morgan fingerprint density at radius 1 is 0.850 bits per heavy atom. The molecule has 0 heterocycles. The smallest absolute Gasteiger partial charge is 0.00529 e. The average Bonchev–Trinajstić information content (AvgIpc) is 3.16. The Hall–Kier alpha value is -1.30. The molecule has 0 saturated heterocycles. The van der Waals surface area contributed by atoms with E-state index in [4.69, 9.17) is 0 Å². The van der Waals surface area contributed by atoms with Crippen molar-refractivity contribution in [2.75, 3.05) is 0 Å². The second-order valence-corrected chi connectivity index (χ2v) is 7.20. The van der Waals surface area contributed by atoms with Gasteiger partial charge in [-0.05, 0) is 84.5 Å². The second-order valence-electron chi connectivity index (χ2n) is 7.20. The molecule has 4 aliphatic rings. The molecule has 4 atom stereocenters. The monoisotopic (exact) mass is 262 g/mol. The van der Waals surface area contributed by atoms with E-state index in [1.807, 2.05) is 0 Å². The van der Waals surface area contributed by atoms with Gasteiger partial charge in [0, 0.05) is 0 Å². The van der Waals surface area contributed by atoms with Crippen LogP contribution in [0.1, 0.15) is 44.1 Å². The van der Waals surface area contributed by atoms with Gasteiger partial charge in [-0.15, -0.1) is 0 Å². The van der Waals surface area contributed by atoms with Gasteiger partial charge in [-0.3, -0.25) is 0 Å². The van der Waals surface area contributed by atoms with Crippen LogP contribution in [0.4, 0.5) is 0 Å². The molecular weight excluding hydrogens is 240 g/mol. The molecule has 1 aromatic carbocycles. The molecule has 0 amide bonds. The molecule has 2 fully saturated rings. The first kappa shape index (κ1) is 11.4. The van der Waals surface area contributed by atoms with Gasteiger partial charge in [0.25, 0.3) is 0 Å². The van der Waals surface area contributed by atoms with Crippen LogP contribution in [0.25, 0.3) is 5.57 Å². The Labute approximate surface area is 121 Å². The van der Waals surface area contributed by atoms with Crippen LogP contribution in [0.15, 0.2) is 47.6 Å². The van der Waals surface area contributed by atoms with E-state index in [0.717, 1.165) is 23.7 Å². The standard InChI is InChI=1S/C20H22/c1-2-6-13(7-3-1)17-18(14-8-4-5-9-14)20-16-11-10-15(12-16)19(17)20/h1-3,6-8,15-16,19-20H,4-5,9-12H2/t15-,16+,19-,20+/m0/s1. The number of allylic oxidation sites excluding steroid dienone is 4. The minimum absolute atomic E-state index is 0.910. The normalized spacial score (nSPS) is 37.9. The molecule has 0 heteroatoms. The van der Waals surface area contributed by atoms with Crippen molar-refractivity contribution >= 4 is 5.57 Å². The van der Waals surface area contributed by atoms with Crippen molar-refractivity contribution < 1.29 is 0 Å². The van der Waals surface area contributed by atoms with Crippen molar-refractivity contribution in [3.05, 3.63) is 53.1 Å². The molecule has 5 rings (SSSR count). The molecule has 0 unspecified atom stereocenters. The summed E-state index contributed by atoms with van der Waals surface area (Å²) < 4.78 is 0. The minimum atomic E-state index is 0.910. The van der Waals surface area contributed by atoms with E-state index in [9.17, 15) is 0 Å². The van der Waals surface area contributed by atoms with Gasteiger partial charge in [0.15, 0.2) is 0 Å². The molecule has 20 heavy (non-hydrogen) atoms. The van der Waals surface area contributed by atoms with Gasteiger partial charge in [0.2, 0.25) is 0 Å². The highest BCUT2D eigenvalue weighted by Crippen LogP contribution is 2.67. The number of rotatable bonds is 2. The highest BCUT2D eigenvalue weighted by atomic mass is 14.6. The van der Waals surface area contributed by atoms with Crippen LogP contribution in [0.5, 0.6) is 0 Å². The van der Waals surface area contributed by atoms with Crippen molar-refractivity contribution in [2.24, 2.45) is 23.7 Å². The van der Waals surface area contributed by atoms with Crippen molar-refractivity contribution in [1.29, 1.82) is 0 Å². The van der Waals surface area contributed by atoms with E-state index < -0.39 is 0 Å². The predicted molar refractivity (Wildman–Crippen MR) is 83.1 cm³/mol. The summed E-state index contributed by atoms with van der Waals surface area (Å²) in [5.74, 6) is 3.88. The topological polar surface area (TPSA) is 0 Å². The van der Waals surface area contributed by atoms with E-state index in [-0.39, 0.29) is 0 Å². The number of hydrogen-bond acceptors (Lipinski definition) is 0. The minimum Gasteiger partial charge on any atom is -0.0810 e. The van der Waals surface area contributed by atoms with E-state index in [1.165, 1.54) is 44.1 Å². The largest absolute Gasteiger partial charge is 0.0810 e. The summed E-state index contributed by atoms with van der Waals surface area (Å²) in [6.45, 7) is 0. The SMILES string of the molecule is C1=C(C2=C(c3ccccc3)[C@@H]3[C@H]4CC[C@H](C4)[C@H]23)CCC1. The number of benzene rings is 1. The maximum Gasteiger partial charge on any atom is -0.00529 e. The summed E-state index contributed by atoms with van der Waals surface area (Å²) in [6.07, 6.45) is 11.1. The summed E-state index contributed by atoms with van der Waals surface area (Å²) >= 11 is 0. The first-order valence-electron chi connectivity index (χ1n) is 8.42. The highest BCUT2D eigenvalue weighted by Gasteiger charge is 2.57. The van der Waals surface area contributed by atoms with Crippen LogP contribution < -0.4 is 0 Å². The lowest BCUT2D eigenvalue weighted by Gasteiger charge is -2.46. The fraction of sp³-hybridized carbons (Fsp3) is 0.500. The molecule has 0 spiro atoms. The van der Waals surface area contributed by atoms with Crippen LogP contribution in [0, 0.1) is 23.7 Å². The number of hydrogen-bond donors (Lipinski definition) is 0. The van der Waals surface area contributed by atoms with Crippen LogP contribution in [0.3, 0.4) is 0 Å². The van der Waals surface area contributed by atoms with Crippen LogP contribution in [0.2, 0.25) is 0 Å². The average molecular weight is 262 g/mol. The van der Waals surface area contributed by atoms with E-state index >= 15 is 0 Å². The molecule has 0 aromatic heterocycles. The third kappa shape index (κ3) is 1.38. The van der Waals surface area contributed by atoms with Gasteiger partial charge in [-0.1, -0.05) is 36.4 Å². The molecule has 4 aliphatic carbocycles. The molecular formula is C20H22. The van der Waals surface area contributed by atoms with Crippen molar-refractivity contribution in [3.8, 4) is 0 Å². The van der Waals surface area contributed by atoms with Gasteiger partial charge >= 0.3 is 0 Å². The van der Waals surface area contributed by atoms with Crippen molar-refractivity contribution in [1.82, 2.24) is 0 Å². The molecule has 0 nitrogen and oxygen atoms in total. The molecule has 0 N–H and O–H groups in total. The first-order chi connectivity index (χ1) is 9.93. The zero-order chi connectivity index (χ0) is 13.1. The summed E-state index contributed by atoms with van der Waals surface area (Å²) in [6, 6.07) is 11.3. The lowest BCUT2D eigenvalue weighted by molar-refractivity contribution is 0.283. The molecule has 0 radical (unpaired) electrons. The van der Waals surface area contributed by atoms with Gasteiger partial charge in [0.05, 0.1) is 0 Å². The highest BCUT2D eigenvalue weighted by molar-refractivity contribution is 5.82. The molecule has 2 bridgehead atoms. The Kier molecular flexibility index (Phi) is 2.33. The summed E-state index contributed by atoms with van der Waals surface area (Å²) in [5, 5.41) is 0. The third-order valence-corrected chi connectivity index (χ3v) is 6.34. The maximum absolute atomic E-state index is 2.54. The lowest BCUT2D eigenvalue weighted by atomic mass is 9.58. The Balaban J connectivity index is 1.66. The summed E-state index contributed by atoms with van der Waals surface area (Å²) in [4.78, 5) is 0. The fourth-order valence-corrected chi connectivity index (χ4v) is 5.65. The van der Waals surface area contributed by atoms with Gasteiger partial charge in [-0.2, -0.15) is 0 Å². The third-order valence-electron chi connectivity index (χ3n) is 6.34. The van der Waals surface area contributed by atoms with E-state index in [1.54, 1.807) is 16.7 Å². The van der Waals surface area contributed by atoms with Crippen LogP contribution in [-0.2, 0) is 0 Å². The number of fused-ring (bicyclic) bond motifs is 5. The molecule has 102 valence electrons. The molecule has 0 aliphatic heterocycles. The Morgan fingerprint density at radius 3 is 2.30 bits per heavy atom. The predicted octanol–water partition coefficient (Wildman–Crippen LogP) is 5.23. The summed E-state index contributed by atoms with van der Waals surface area (Å²) in [7, 11) is 0. The van der Waals surface area contributed by atoms with Gasteiger partial charge in [-0.25, -0.2) is 0 Å². The molecule has 1 aromatic rings.